The van der Waals surface area contributed by atoms with Crippen molar-refractivity contribution in [1.82, 2.24) is 0 Å². The van der Waals surface area contributed by atoms with Gasteiger partial charge in [-0.25, -0.2) is 0 Å². The molecule has 18 heavy (non-hydrogen) atoms. The molecule has 94 valence electrons. The summed E-state index contributed by atoms with van der Waals surface area (Å²) in [5.41, 5.74) is 1.04. The zero-order valence-corrected chi connectivity index (χ0v) is 11.2. The second-order valence-electron chi connectivity index (χ2n) is 3.60. The number of benzene rings is 1. The minimum Gasteiger partial charge on any atom is -0.382 e. The first-order chi connectivity index (χ1) is 8.61. The van der Waals surface area contributed by atoms with Gasteiger partial charge in [0, 0.05) is 4.88 Å². The van der Waals surface area contributed by atoms with Gasteiger partial charge in [0.25, 0.3) is 0 Å². The van der Waals surface area contributed by atoms with Crippen molar-refractivity contribution in [1.29, 1.82) is 0 Å². The summed E-state index contributed by atoms with van der Waals surface area (Å²) in [6, 6.07) is 11.0. The van der Waals surface area contributed by atoms with E-state index >= 15 is 0 Å². The van der Waals surface area contributed by atoms with Gasteiger partial charge in [0.2, 0.25) is 0 Å². The zero-order chi connectivity index (χ0) is 13.0. The third-order valence-corrected chi connectivity index (χ3v) is 4.21. The Balaban J connectivity index is 2.16. The molecule has 5 heteroatoms. The van der Waals surface area contributed by atoms with Gasteiger partial charge < -0.3 is 4.18 Å². The first-order valence-corrected chi connectivity index (χ1v) is 7.73. The number of rotatable bonds is 5. The SMILES string of the molecule is C=CCS(=O)(=O)Oc1ccc(-c2cccs2)cc1. The molecule has 1 aromatic heterocycles. The Morgan fingerprint density at radius 2 is 1.94 bits per heavy atom. The topological polar surface area (TPSA) is 43.4 Å². The molecule has 3 nitrogen and oxygen atoms in total. The molecule has 1 heterocycles. The Kier molecular flexibility index (Phi) is 3.84. The Morgan fingerprint density at radius 1 is 1.22 bits per heavy atom. The predicted molar refractivity (Wildman–Crippen MR) is 74.4 cm³/mol. The molecule has 0 saturated carbocycles. The average molecular weight is 280 g/mol. The Morgan fingerprint density at radius 3 is 2.50 bits per heavy atom. The molecule has 0 saturated heterocycles. The van der Waals surface area contributed by atoms with Crippen molar-refractivity contribution < 1.29 is 12.6 Å². The molecule has 0 unspecified atom stereocenters. The summed E-state index contributed by atoms with van der Waals surface area (Å²) < 4.78 is 27.8. The van der Waals surface area contributed by atoms with Gasteiger partial charge in [0.1, 0.15) is 11.5 Å². The number of thiophene rings is 1. The van der Waals surface area contributed by atoms with Crippen LogP contribution in [0.2, 0.25) is 0 Å². The minimum atomic E-state index is -3.57. The molecule has 0 aliphatic carbocycles. The first kappa shape index (κ1) is 12.9. The van der Waals surface area contributed by atoms with Gasteiger partial charge in [-0.15, -0.1) is 17.9 Å². The molecule has 2 aromatic rings. The molecule has 0 radical (unpaired) electrons. The summed E-state index contributed by atoms with van der Waals surface area (Å²) in [5.74, 6) is 0.122. The smallest absolute Gasteiger partial charge is 0.312 e. The van der Waals surface area contributed by atoms with E-state index in [0.717, 1.165) is 10.4 Å². The second-order valence-corrected chi connectivity index (χ2v) is 6.16. The third kappa shape index (κ3) is 3.21. The number of hydrogen-bond donors (Lipinski definition) is 0. The van der Waals surface area contributed by atoms with Gasteiger partial charge >= 0.3 is 10.1 Å². The largest absolute Gasteiger partial charge is 0.382 e. The Bertz CT molecular complexity index is 611. The monoisotopic (exact) mass is 280 g/mol. The average Bonchev–Trinajstić information content (AvgIpc) is 2.82. The van der Waals surface area contributed by atoms with Crippen LogP contribution >= 0.6 is 11.3 Å². The molecule has 2 rings (SSSR count). The van der Waals surface area contributed by atoms with Crippen LogP contribution in [0.3, 0.4) is 0 Å². The van der Waals surface area contributed by atoms with Gasteiger partial charge in [0.15, 0.2) is 0 Å². The maximum absolute atomic E-state index is 11.4. The van der Waals surface area contributed by atoms with Crippen LogP contribution in [0, 0.1) is 0 Å². The van der Waals surface area contributed by atoms with E-state index in [1.807, 2.05) is 29.6 Å². The van der Waals surface area contributed by atoms with Crippen LogP contribution in [0.4, 0.5) is 0 Å². The maximum Gasteiger partial charge on any atom is 0.312 e. The summed E-state index contributed by atoms with van der Waals surface area (Å²) in [7, 11) is -3.57. The maximum atomic E-state index is 11.4. The lowest BCUT2D eigenvalue weighted by molar-refractivity contribution is 0.489. The quantitative estimate of drug-likeness (QED) is 0.623. The molecular weight excluding hydrogens is 268 g/mol. The van der Waals surface area contributed by atoms with E-state index in [0.29, 0.717) is 5.75 Å². The van der Waals surface area contributed by atoms with Gasteiger partial charge in [0.05, 0.1) is 0 Å². The lowest BCUT2D eigenvalue weighted by Gasteiger charge is -2.05. The molecule has 0 aliphatic heterocycles. The van der Waals surface area contributed by atoms with E-state index in [1.165, 1.54) is 6.08 Å². The van der Waals surface area contributed by atoms with E-state index in [-0.39, 0.29) is 5.75 Å². The minimum absolute atomic E-state index is 0.195. The lowest BCUT2D eigenvalue weighted by atomic mass is 10.2. The van der Waals surface area contributed by atoms with Crippen LogP contribution in [0.15, 0.2) is 54.4 Å². The fraction of sp³-hybridized carbons (Fsp3) is 0.0769. The lowest BCUT2D eigenvalue weighted by Crippen LogP contribution is -2.11. The first-order valence-electron chi connectivity index (χ1n) is 5.28. The highest BCUT2D eigenvalue weighted by molar-refractivity contribution is 7.87. The van der Waals surface area contributed by atoms with E-state index in [1.54, 1.807) is 23.5 Å². The van der Waals surface area contributed by atoms with Crippen LogP contribution in [0.1, 0.15) is 0 Å². The van der Waals surface area contributed by atoms with Crippen LogP contribution < -0.4 is 4.18 Å². The summed E-state index contributed by atoms with van der Waals surface area (Å²) in [5, 5.41) is 1.99. The summed E-state index contributed by atoms with van der Waals surface area (Å²) in [6.45, 7) is 3.38. The van der Waals surface area contributed by atoms with Crippen molar-refractivity contribution in [2.75, 3.05) is 5.75 Å². The summed E-state index contributed by atoms with van der Waals surface area (Å²) in [6.07, 6.45) is 1.30. The van der Waals surface area contributed by atoms with Crippen molar-refractivity contribution in [3.63, 3.8) is 0 Å². The molecule has 1 aromatic carbocycles. The van der Waals surface area contributed by atoms with E-state index in [4.69, 9.17) is 4.18 Å². The predicted octanol–water partition coefficient (Wildman–Crippen LogP) is 3.31. The van der Waals surface area contributed by atoms with Gasteiger partial charge in [-0.2, -0.15) is 8.42 Å². The molecule has 0 aliphatic rings. The third-order valence-electron chi connectivity index (χ3n) is 2.21. The fourth-order valence-electron chi connectivity index (χ4n) is 1.44. The zero-order valence-electron chi connectivity index (χ0n) is 9.57. The van der Waals surface area contributed by atoms with Crippen molar-refractivity contribution in [2.45, 2.75) is 0 Å². The van der Waals surface area contributed by atoms with Crippen molar-refractivity contribution in [2.24, 2.45) is 0 Å². The molecule has 0 bridgehead atoms. The van der Waals surface area contributed by atoms with Gasteiger partial charge in [-0.05, 0) is 41.3 Å². The standard InChI is InChI=1S/C13H12O3S2/c1-2-10-18(14,15)16-12-7-5-11(6-8-12)13-4-3-9-17-13/h2-9H,1,10H2. The molecule has 0 amide bonds. The Labute approximate surface area is 110 Å². The summed E-state index contributed by atoms with van der Waals surface area (Å²) in [4.78, 5) is 1.13. The van der Waals surface area contributed by atoms with Crippen LogP contribution in [0.5, 0.6) is 5.75 Å². The fourth-order valence-corrected chi connectivity index (χ4v) is 2.94. The van der Waals surface area contributed by atoms with E-state index in [2.05, 4.69) is 6.58 Å². The highest BCUT2D eigenvalue weighted by Crippen LogP contribution is 2.26. The van der Waals surface area contributed by atoms with E-state index < -0.39 is 10.1 Å². The highest BCUT2D eigenvalue weighted by atomic mass is 32.2. The molecule has 0 fully saturated rings. The van der Waals surface area contributed by atoms with Crippen molar-refractivity contribution in [3.05, 3.63) is 54.4 Å². The van der Waals surface area contributed by atoms with Crippen LogP contribution in [-0.4, -0.2) is 14.2 Å². The van der Waals surface area contributed by atoms with Crippen molar-refractivity contribution in [3.8, 4) is 16.2 Å². The molecule has 0 N–H and O–H groups in total. The van der Waals surface area contributed by atoms with Gasteiger partial charge in [-0.1, -0.05) is 12.1 Å². The van der Waals surface area contributed by atoms with Crippen molar-refractivity contribution >= 4 is 21.5 Å². The van der Waals surface area contributed by atoms with Crippen LogP contribution in [0.25, 0.3) is 10.4 Å². The van der Waals surface area contributed by atoms with E-state index in [9.17, 15) is 8.42 Å². The molecular formula is C13H12O3S2. The normalized spacial score (nSPS) is 11.1. The van der Waals surface area contributed by atoms with Crippen LogP contribution in [-0.2, 0) is 10.1 Å². The highest BCUT2D eigenvalue weighted by Gasteiger charge is 2.10. The molecule has 0 atom stereocenters. The molecule has 0 spiro atoms. The Hall–Kier alpha value is -1.59. The summed E-state index contributed by atoms with van der Waals surface area (Å²) >= 11 is 1.63. The number of hydrogen-bond acceptors (Lipinski definition) is 4. The van der Waals surface area contributed by atoms with Gasteiger partial charge in [-0.3, -0.25) is 0 Å². The second kappa shape index (κ2) is 5.37.